The van der Waals surface area contributed by atoms with Gasteiger partial charge in [-0.1, -0.05) is 18.2 Å². The minimum Gasteiger partial charge on any atom is -0.372 e. The first-order valence-corrected chi connectivity index (χ1v) is 9.68. The summed E-state index contributed by atoms with van der Waals surface area (Å²) in [6.45, 7) is 9.74. The summed E-state index contributed by atoms with van der Waals surface area (Å²) in [4.78, 5) is 40.9. The molecule has 29 heavy (non-hydrogen) atoms. The molecule has 2 aromatic rings. The molecule has 0 bridgehead atoms. The van der Waals surface area contributed by atoms with Crippen LogP contribution in [0.5, 0.6) is 0 Å². The van der Waals surface area contributed by atoms with Gasteiger partial charge >= 0.3 is 6.03 Å². The Hall–Kier alpha value is -3.41. The van der Waals surface area contributed by atoms with Crippen molar-refractivity contribution in [3.63, 3.8) is 0 Å². The fraction of sp³-hybridized carbons (Fsp3) is 0.261. The monoisotopic (exact) mass is 391 g/mol. The number of rotatable bonds is 5. The fourth-order valence-electron chi connectivity index (χ4n) is 3.51. The Bertz CT molecular complexity index is 969. The number of carbonyl (C=O) groups is 3. The smallest absolute Gasteiger partial charge is 0.335 e. The lowest BCUT2D eigenvalue weighted by Crippen LogP contribution is -2.54. The first-order chi connectivity index (χ1) is 13.8. The molecule has 0 atom stereocenters. The van der Waals surface area contributed by atoms with Crippen molar-refractivity contribution in [2.24, 2.45) is 0 Å². The molecule has 6 heteroatoms. The van der Waals surface area contributed by atoms with Gasteiger partial charge in [-0.3, -0.25) is 14.9 Å². The quantitative estimate of drug-likeness (QED) is 0.621. The molecule has 4 amide bonds. The average Bonchev–Trinajstić information content (AvgIpc) is 2.66. The van der Waals surface area contributed by atoms with Crippen LogP contribution in [0.25, 0.3) is 6.08 Å². The molecule has 0 unspecified atom stereocenters. The van der Waals surface area contributed by atoms with E-state index in [9.17, 15) is 14.4 Å². The molecule has 0 aliphatic carbocycles. The number of nitrogens with zero attached hydrogens (tertiary/aromatic N) is 2. The van der Waals surface area contributed by atoms with Crippen LogP contribution in [0.4, 0.5) is 16.2 Å². The SMILES string of the molecule is CCN(CC)c1ccc(/C=C2\C(=O)NC(=O)N(c3cc(C)cc(C)c3)C2=O)cc1. The number of imide groups is 2. The maximum Gasteiger partial charge on any atom is 0.335 e. The van der Waals surface area contributed by atoms with Crippen molar-refractivity contribution < 1.29 is 14.4 Å². The Morgan fingerprint density at radius 2 is 1.52 bits per heavy atom. The third-order valence-corrected chi connectivity index (χ3v) is 4.90. The second-order valence-corrected chi connectivity index (χ2v) is 7.07. The third-order valence-electron chi connectivity index (χ3n) is 4.90. The molecule has 1 saturated heterocycles. The van der Waals surface area contributed by atoms with Crippen LogP contribution in [0.15, 0.2) is 48.0 Å². The van der Waals surface area contributed by atoms with Gasteiger partial charge in [-0.05, 0) is 74.7 Å². The second kappa shape index (κ2) is 8.31. The van der Waals surface area contributed by atoms with Crippen molar-refractivity contribution in [2.45, 2.75) is 27.7 Å². The van der Waals surface area contributed by atoms with Crippen molar-refractivity contribution >= 4 is 35.3 Å². The Kier molecular flexibility index (Phi) is 5.82. The molecule has 2 aromatic carbocycles. The van der Waals surface area contributed by atoms with Gasteiger partial charge in [-0.2, -0.15) is 0 Å². The zero-order valence-corrected chi connectivity index (χ0v) is 17.2. The lowest BCUT2D eigenvalue weighted by molar-refractivity contribution is -0.122. The number of benzene rings is 2. The molecule has 1 heterocycles. The van der Waals surface area contributed by atoms with E-state index >= 15 is 0 Å². The highest BCUT2D eigenvalue weighted by molar-refractivity contribution is 6.39. The summed E-state index contributed by atoms with van der Waals surface area (Å²) in [6.07, 6.45) is 1.52. The Labute approximate surface area is 170 Å². The van der Waals surface area contributed by atoms with Crippen LogP contribution in [0.3, 0.4) is 0 Å². The maximum atomic E-state index is 13.0. The fourth-order valence-corrected chi connectivity index (χ4v) is 3.51. The first-order valence-electron chi connectivity index (χ1n) is 9.68. The summed E-state index contributed by atoms with van der Waals surface area (Å²) in [5.74, 6) is -1.31. The molecule has 1 N–H and O–H groups in total. The molecule has 3 rings (SSSR count). The zero-order chi connectivity index (χ0) is 21.1. The van der Waals surface area contributed by atoms with Crippen LogP contribution < -0.4 is 15.1 Å². The Morgan fingerprint density at radius 1 is 0.931 bits per heavy atom. The van der Waals surface area contributed by atoms with Crippen molar-refractivity contribution in [3.05, 3.63) is 64.7 Å². The first kappa shape index (κ1) is 20.3. The number of urea groups is 1. The highest BCUT2D eigenvalue weighted by Crippen LogP contribution is 2.25. The molecule has 1 aliphatic rings. The largest absolute Gasteiger partial charge is 0.372 e. The van der Waals surface area contributed by atoms with Gasteiger partial charge in [-0.15, -0.1) is 0 Å². The van der Waals surface area contributed by atoms with E-state index in [2.05, 4.69) is 24.1 Å². The summed E-state index contributed by atoms with van der Waals surface area (Å²) < 4.78 is 0. The van der Waals surface area contributed by atoms with E-state index in [4.69, 9.17) is 0 Å². The molecule has 1 aliphatic heterocycles. The number of barbiturate groups is 1. The minimum atomic E-state index is -0.737. The summed E-state index contributed by atoms with van der Waals surface area (Å²) in [6, 6.07) is 12.3. The van der Waals surface area contributed by atoms with Gasteiger partial charge in [0, 0.05) is 18.8 Å². The van der Waals surface area contributed by atoms with E-state index in [0.717, 1.165) is 34.8 Å². The lowest BCUT2D eigenvalue weighted by Gasteiger charge is -2.27. The van der Waals surface area contributed by atoms with Crippen molar-refractivity contribution in [1.82, 2.24) is 5.32 Å². The van der Waals surface area contributed by atoms with Gasteiger partial charge in [0.15, 0.2) is 0 Å². The number of nitrogens with one attached hydrogen (secondary N) is 1. The molecule has 0 spiro atoms. The normalized spacial score (nSPS) is 15.7. The topological polar surface area (TPSA) is 69.7 Å². The zero-order valence-electron chi connectivity index (χ0n) is 17.2. The summed E-state index contributed by atoms with van der Waals surface area (Å²) >= 11 is 0. The van der Waals surface area contributed by atoms with Gasteiger partial charge in [0.25, 0.3) is 11.8 Å². The number of amides is 4. The van der Waals surface area contributed by atoms with Gasteiger partial charge < -0.3 is 4.90 Å². The lowest BCUT2D eigenvalue weighted by atomic mass is 10.1. The van der Waals surface area contributed by atoms with E-state index < -0.39 is 17.8 Å². The van der Waals surface area contributed by atoms with Gasteiger partial charge in [-0.25, -0.2) is 9.69 Å². The van der Waals surface area contributed by atoms with Crippen LogP contribution in [-0.4, -0.2) is 30.9 Å². The highest BCUT2D eigenvalue weighted by Gasteiger charge is 2.36. The molecule has 6 nitrogen and oxygen atoms in total. The van der Waals surface area contributed by atoms with E-state index in [1.807, 2.05) is 44.2 Å². The van der Waals surface area contributed by atoms with Crippen molar-refractivity contribution in [2.75, 3.05) is 22.9 Å². The van der Waals surface area contributed by atoms with E-state index in [-0.39, 0.29) is 5.57 Å². The summed E-state index contributed by atoms with van der Waals surface area (Å²) in [5, 5.41) is 2.27. The molecule has 0 radical (unpaired) electrons. The minimum absolute atomic E-state index is 0.0700. The van der Waals surface area contributed by atoms with E-state index in [1.54, 1.807) is 12.1 Å². The molecule has 0 saturated carbocycles. The van der Waals surface area contributed by atoms with Gasteiger partial charge in [0.1, 0.15) is 5.57 Å². The van der Waals surface area contributed by atoms with Crippen molar-refractivity contribution in [3.8, 4) is 0 Å². The molecule has 1 fully saturated rings. The van der Waals surface area contributed by atoms with Crippen LogP contribution in [0.2, 0.25) is 0 Å². The number of anilines is 2. The Balaban J connectivity index is 1.95. The standard InChI is InChI=1S/C23H25N3O3/c1-5-25(6-2)18-9-7-17(8-10-18)14-20-21(27)24-23(29)26(22(20)28)19-12-15(3)11-16(4)13-19/h7-14H,5-6H2,1-4H3,(H,24,27,29)/b20-14+. The number of hydrogen-bond donors (Lipinski definition) is 1. The summed E-state index contributed by atoms with van der Waals surface area (Å²) in [7, 11) is 0. The van der Waals surface area contributed by atoms with Crippen LogP contribution in [0, 0.1) is 13.8 Å². The van der Waals surface area contributed by atoms with Crippen LogP contribution in [-0.2, 0) is 9.59 Å². The van der Waals surface area contributed by atoms with Gasteiger partial charge in [0.2, 0.25) is 0 Å². The summed E-state index contributed by atoms with van der Waals surface area (Å²) in [5.41, 5.74) is 4.02. The predicted octanol–water partition coefficient (Wildman–Crippen LogP) is 3.82. The Morgan fingerprint density at radius 3 is 2.07 bits per heavy atom. The predicted molar refractivity (Wildman–Crippen MR) is 115 cm³/mol. The number of carbonyl (C=O) groups excluding carboxylic acids is 3. The molecular weight excluding hydrogens is 366 g/mol. The molecule has 150 valence electrons. The van der Waals surface area contributed by atoms with Gasteiger partial charge in [0.05, 0.1) is 5.69 Å². The molecule has 0 aromatic heterocycles. The second-order valence-electron chi connectivity index (χ2n) is 7.07. The maximum absolute atomic E-state index is 13.0. The van der Waals surface area contributed by atoms with Crippen LogP contribution >= 0.6 is 0 Å². The highest BCUT2D eigenvalue weighted by atomic mass is 16.2. The van der Waals surface area contributed by atoms with E-state index in [0.29, 0.717) is 11.3 Å². The third kappa shape index (κ3) is 4.21. The average molecular weight is 391 g/mol. The number of hydrogen-bond acceptors (Lipinski definition) is 4. The number of aryl methyl sites for hydroxylation is 2. The van der Waals surface area contributed by atoms with Crippen LogP contribution in [0.1, 0.15) is 30.5 Å². The molecular formula is C23H25N3O3. The van der Waals surface area contributed by atoms with Crippen molar-refractivity contribution in [1.29, 1.82) is 0 Å². The van der Waals surface area contributed by atoms with E-state index in [1.165, 1.54) is 6.08 Å².